The predicted molar refractivity (Wildman–Crippen MR) is 75.5 cm³/mol. The summed E-state index contributed by atoms with van der Waals surface area (Å²) in [6, 6.07) is 4.53. The van der Waals surface area contributed by atoms with Crippen molar-refractivity contribution >= 4 is 11.9 Å². The van der Waals surface area contributed by atoms with Crippen LogP contribution in [0.4, 0.5) is 8.78 Å². The van der Waals surface area contributed by atoms with E-state index in [1.165, 1.54) is 12.1 Å². The third-order valence-corrected chi connectivity index (χ3v) is 4.23. The molecule has 118 valence electrons. The van der Waals surface area contributed by atoms with Gasteiger partial charge in [0.2, 0.25) is 0 Å². The molecule has 0 atom stereocenters. The number of alkyl halides is 2. The second-order valence-electron chi connectivity index (χ2n) is 6.03. The predicted octanol–water partition coefficient (Wildman–Crippen LogP) is 3.13. The number of carboxylic acid groups (broad SMARTS) is 1. The van der Waals surface area contributed by atoms with Crippen LogP contribution in [0.3, 0.4) is 0 Å². The molecule has 1 saturated carbocycles. The fourth-order valence-corrected chi connectivity index (χ4v) is 3.06. The van der Waals surface area contributed by atoms with Crippen molar-refractivity contribution in [3.8, 4) is 0 Å². The Hall–Kier alpha value is -1.98. The normalized spacial score (nSPS) is 20.7. The Balaban J connectivity index is 1.95. The van der Waals surface area contributed by atoms with Crippen LogP contribution in [0.1, 0.15) is 57.9 Å². The zero-order valence-corrected chi connectivity index (χ0v) is 12.0. The van der Waals surface area contributed by atoms with E-state index in [4.69, 9.17) is 0 Å². The average Bonchev–Trinajstić information content (AvgIpc) is 3.29. The number of benzene rings is 1. The van der Waals surface area contributed by atoms with Crippen molar-refractivity contribution in [1.29, 1.82) is 0 Å². The molecule has 3 rings (SSSR count). The van der Waals surface area contributed by atoms with Gasteiger partial charge in [-0.3, -0.25) is 4.79 Å². The highest BCUT2D eigenvalue weighted by atomic mass is 19.3. The van der Waals surface area contributed by atoms with Gasteiger partial charge in [-0.25, -0.2) is 13.6 Å². The Morgan fingerprint density at radius 2 is 1.91 bits per heavy atom. The number of carbonyl (C=O) groups is 2. The molecule has 4 nitrogen and oxygen atoms in total. The minimum absolute atomic E-state index is 0.0524. The SMILES string of the molecule is O=C(O)c1cccc(C(=O)N2CCCC(F)(F)C2)c1C1CC1. The summed E-state index contributed by atoms with van der Waals surface area (Å²) in [5.74, 6) is -4.38. The van der Waals surface area contributed by atoms with Crippen LogP contribution in [0.5, 0.6) is 0 Å². The van der Waals surface area contributed by atoms with E-state index in [9.17, 15) is 23.5 Å². The summed E-state index contributed by atoms with van der Waals surface area (Å²) >= 11 is 0. The number of carboxylic acids is 1. The van der Waals surface area contributed by atoms with Crippen molar-refractivity contribution in [2.24, 2.45) is 0 Å². The van der Waals surface area contributed by atoms with E-state index in [1.54, 1.807) is 6.07 Å². The molecule has 1 aliphatic heterocycles. The van der Waals surface area contributed by atoms with Crippen LogP contribution < -0.4 is 0 Å². The summed E-state index contributed by atoms with van der Waals surface area (Å²) in [4.78, 5) is 25.1. The Morgan fingerprint density at radius 1 is 1.23 bits per heavy atom. The highest BCUT2D eigenvalue weighted by molar-refractivity contribution is 6.00. The lowest BCUT2D eigenvalue weighted by molar-refractivity contribution is -0.0560. The van der Waals surface area contributed by atoms with E-state index in [-0.39, 0.29) is 36.4 Å². The topological polar surface area (TPSA) is 57.6 Å². The Morgan fingerprint density at radius 3 is 2.50 bits per heavy atom. The highest BCUT2D eigenvalue weighted by Gasteiger charge is 2.39. The molecule has 0 bridgehead atoms. The van der Waals surface area contributed by atoms with Crippen LogP contribution in [0.25, 0.3) is 0 Å². The first-order valence-corrected chi connectivity index (χ1v) is 7.42. The smallest absolute Gasteiger partial charge is 0.335 e. The molecule has 6 heteroatoms. The van der Waals surface area contributed by atoms with Gasteiger partial charge in [0.15, 0.2) is 0 Å². The van der Waals surface area contributed by atoms with Crippen LogP contribution >= 0.6 is 0 Å². The number of nitrogens with zero attached hydrogens (tertiary/aromatic N) is 1. The third-order valence-electron chi connectivity index (χ3n) is 4.23. The minimum atomic E-state index is -2.86. The number of piperidine rings is 1. The van der Waals surface area contributed by atoms with Gasteiger partial charge in [-0.15, -0.1) is 0 Å². The molecule has 2 fully saturated rings. The van der Waals surface area contributed by atoms with Crippen molar-refractivity contribution in [3.05, 3.63) is 34.9 Å². The zero-order valence-electron chi connectivity index (χ0n) is 12.0. The monoisotopic (exact) mass is 309 g/mol. The van der Waals surface area contributed by atoms with Crippen molar-refractivity contribution in [2.75, 3.05) is 13.1 Å². The summed E-state index contributed by atoms with van der Waals surface area (Å²) in [6.07, 6.45) is 1.72. The second-order valence-corrected chi connectivity index (χ2v) is 6.03. The van der Waals surface area contributed by atoms with Gasteiger partial charge in [0, 0.05) is 18.5 Å². The number of halogens is 2. The number of amides is 1. The summed E-state index contributed by atoms with van der Waals surface area (Å²) in [5.41, 5.74) is 0.881. The van der Waals surface area contributed by atoms with E-state index in [2.05, 4.69) is 0 Å². The molecule has 1 aliphatic carbocycles. The van der Waals surface area contributed by atoms with Gasteiger partial charge in [0.25, 0.3) is 11.8 Å². The number of carbonyl (C=O) groups excluding carboxylic acids is 1. The zero-order chi connectivity index (χ0) is 15.9. The van der Waals surface area contributed by atoms with Gasteiger partial charge >= 0.3 is 5.97 Å². The molecule has 0 aromatic heterocycles. The molecule has 22 heavy (non-hydrogen) atoms. The van der Waals surface area contributed by atoms with Gasteiger partial charge in [-0.05, 0) is 42.9 Å². The molecule has 2 aliphatic rings. The number of hydrogen-bond acceptors (Lipinski definition) is 2. The maximum atomic E-state index is 13.5. The summed E-state index contributed by atoms with van der Waals surface area (Å²) < 4.78 is 27.0. The van der Waals surface area contributed by atoms with E-state index in [0.29, 0.717) is 5.56 Å². The molecular formula is C16H17F2NO3. The molecule has 0 radical (unpaired) electrons. The summed E-state index contributed by atoms with van der Waals surface area (Å²) in [5, 5.41) is 9.30. The Kier molecular flexibility index (Phi) is 3.62. The Labute approximate surface area is 126 Å². The first-order valence-electron chi connectivity index (χ1n) is 7.42. The molecular weight excluding hydrogens is 292 g/mol. The quantitative estimate of drug-likeness (QED) is 0.933. The maximum Gasteiger partial charge on any atom is 0.335 e. The van der Waals surface area contributed by atoms with E-state index in [1.807, 2.05) is 0 Å². The van der Waals surface area contributed by atoms with E-state index < -0.39 is 24.3 Å². The van der Waals surface area contributed by atoms with Crippen LogP contribution in [-0.2, 0) is 0 Å². The minimum Gasteiger partial charge on any atom is -0.478 e. The van der Waals surface area contributed by atoms with Crippen molar-refractivity contribution in [3.63, 3.8) is 0 Å². The fraction of sp³-hybridized carbons (Fsp3) is 0.500. The third kappa shape index (κ3) is 2.82. The molecule has 1 aromatic rings. The molecule has 1 saturated heterocycles. The lowest BCUT2D eigenvalue weighted by atomic mass is 9.95. The average molecular weight is 309 g/mol. The van der Waals surface area contributed by atoms with Gasteiger partial charge in [0.05, 0.1) is 12.1 Å². The lowest BCUT2D eigenvalue weighted by Crippen LogP contribution is -2.46. The number of aromatic carboxylic acids is 1. The van der Waals surface area contributed by atoms with Crippen LogP contribution in [0.15, 0.2) is 18.2 Å². The largest absolute Gasteiger partial charge is 0.478 e. The second kappa shape index (κ2) is 5.34. The van der Waals surface area contributed by atoms with Crippen LogP contribution in [0.2, 0.25) is 0 Å². The number of likely N-dealkylation sites (tertiary alicyclic amines) is 1. The van der Waals surface area contributed by atoms with Gasteiger partial charge in [-0.1, -0.05) is 6.07 Å². The van der Waals surface area contributed by atoms with Gasteiger partial charge in [0.1, 0.15) is 0 Å². The molecule has 1 aromatic carbocycles. The molecule has 0 spiro atoms. The van der Waals surface area contributed by atoms with Gasteiger partial charge < -0.3 is 10.0 Å². The number of hydrogen-bond donors (Lipinski definition) is 1. The molecule has 1 amide bonds. The van der Waals surface area contributed by atoms with E-state index >= 15 is 0 Å². The van der Waals surface area contributed by atoms with Crippen molar-refractivity contribution in [2.45, 2.75) is 37.5 Å². The summed E-state index contributed by atoms with van der Waals surface area (Å²) in [6.45, 7) is -0.303. The Bertz CT molecular complexity index is 626. The molecule has 1 N–H and O–H groups in total. The van der Waals surface area contributed by atoms with Crippen LogP contribution in [-0.4, -0.2) is 40.9 Å². The fourth-order valence-electron chi connectivity index (χ4n) is 3.06. The van der Waals surface area contributed by atoms with Crippen LogP contribution in [0, 0.1) is 0 Å². The first kappa shape index (κ1) is 14.9. The van der Waals surface area contributed by atoms with Crippen molar-refractivity contribution < 1.29 is 23.5 Å². The highest BCUT2D eigenvalue weighted by Crippen LogP contribution is 2.44. The standard InChI is InChI=1S/C16H17F2NO3/c17-16(18)7-2-8-19(9-16)14(20)11-3-1-4-12(15(21)22)13(11)10-5-6-10/h1,3-4,10H,2,5-9H2,(H,21,22). The first-order chi connectivity index (χ1) is 10.4. The lowest BCUT2D eigenvalue weighted by Gasteiger charge is -2.33. The van der Waals surface area contributed by atoms with E-state index in [0.717, 1.165) is 17.7 Å². The van der Waals surface area contributed by atoms with Crippen molar-refractivity contribution in [1.82, 2.24) is 4.90 Å². The number of rotatable bonds is 3. The summed E-state index contributed by atoms with van der Waals surface area (Å²) in [7, 11) is 0. The molecule has 0 unspecified atom stereocenters. The maximum absolute atomic E-state index is 13.5. The molecule has 1 heterocycles. The van der Waals surface area contributed by atoms with Gasteiger partial charge in [-0.2, -0.15) is 0 Å².